The van der Waals surface area contributed by atoms with Crippen molar-refractivity contribution in [3.8, 4) is 5.75 Å². The van der Waals surface area contributed by atoms with Crippen LogP contribution in [0.2, 0.25) is 0 Å². The normalized spacial score (nSPS) is 10.9. The van der Waals surface area contributed by atoms with E-state index in [4.69, 9.17) is 4.74 Å². The Morgan fingerprint density at radius 1 is 0.889 bits per heavy atom. The van der Waals surface area contributed by atoms with Crippen molar-refractivity contribution < 1.29 is 14.3 Å². The third kappa shape index (κ3) is 7.13. The van der Waals surface area contributed by atoms with Gasteiger partial charge in [-0.25, -0.2) is 0 Å². The SMILES string of the molecule is CC(C)(C)c1ccc(C(=O)NCCC(=O)NCCOc2ccccc2)cc1. The number of nitrogens with one attached hydrogen (secondary N) is 2. The molecule has 0 atom stereocenters. The van der Waals surface area contributed by atoms with Crippen molar-refractivity contribution in [2.75, 3.05) is 19.7 Å². The highest BCUT2D eigenvalue weighted by Crippen LogP contribution is 2.22. The number of benzene rings is 2. The summed E-state index contributed by atoms with van der Waals surface area (Å²) in [4.78, 5) is 24.0. The van der Waals surface area contributed by atoms with Gasteiger partial charge in [0, 0.05) is 18.5 Å². The molecule has 5 nitrogen and oxygen atoms in total. The predicted molar refractivity (Wildman–Crippen MR) is 107 cm³/mol. The molecule has 2 rings (SSSR count). The molecule has 27 heavy (non-hydrogen) atoms. The molecule has 0 heterocycles. The Labute approximate surface area is 161 Å². The molecule has 0 aliphatic heterocycles. The second kappa shape index (κ2) is 9.76. The number of ether oxygens (including phenoxy) is 1. The predicted octanol–water partition coefficient (Wildman–Crippen LogP) is 3.30. The van der Waals surface area contributed by atoms with Crippen LogP contribution in [0.4, 0.5) is 0 Å². The molecule has 0 bridgehead atoms. The fraction of sp³-hybridized carbons (Fsp3) is 0.364. The molecule has 2 aromatic carbocycles. The number of carbonyl (C=O) groups is 2. The second-order valence-electron chi connectivity index (χ2n) is 7.34. The molecule has 0 unspecified atom stereocenters. The Kier molecular flexibility index (Phi) is 7.41. The molecule has 0 spiro atoms. The van der Waals surface area contributed by atoms with Gasteiger partial charge in [-0.15, -0.1) is 0 Å². The molecule has 2 N–H and O–H groups in total. The molecule has 144 valence electrons. The first-order chi connectivity index (χ1) is 12.9. The van der Waals surface area contributed by atoms with Gasteiger partial charge < -0.3 is 15.4 Å². The Morgan fingerprint density at radius 2 is 1.56 bits per heavy atom. The molecular weight excluding hydrogens is 340 g/mol. The van der Waals surface area contributed by atoms with E-state index in [1.807, 2.05) is 54.6 Å². The molecule has 0 saturated carbocycles. The van der Waals surface area contributed by atoms with Gasteiger partial charge in [0.1, 0.15) is 12.4 Å². The van der Waals surface area contributed by atoms with Gasteiger partial charge in [0.2, 0.25) is 5.91 Å². The molecule has 5 heteroatoms. The maximum atomic E-state index is 12.1. The summed E-state index contributed by atoms with van der Waals surface area (Å²) in [6, 6.07) is 17.0. The van der Waals surface area contributed by atoms with E-state index in [-0.39, 0.29) is 23.7 Å². The van der Waals surface area contributed by atoms with Crippen molar-refractivity contribution in [3.63, 3.8) is 0 Å². The zero-order valence-electron chi connectivity index (χ0n) is 16.2. The van der Waals surface area contributed by atoms with E-state index in [1.165, 1.54) is 5.56 Å². The summed E-state index contributed by atoms with van der Waals surface area (Å²) in [6.07, 6.45) is 0.233. The van der Waals surface area contributed by atoms with Crippen molar-refractivity contribution >= 4 is 11.8 Å². The van der Waals surface area contributed by atoms with Crippen LogP contribution in [0, 0.1) is 0 Å². The van der Waals surface area contributed by atoms with Gasteiger partial charge in [0.15, 0.2) is 0 Å². The van der Waals surface area contributed by atoms with Gasteiger partial charge in [-0.05, 0) is 35.2 Å². The molecule has 0 saturated heterocycles. The van der Waals surface area contributed by atoms with E-state index in [2.05, 4.69) is 31.4 Å². The van der Waals surface area contributed by atoms with Gasteiger partial charge >= 0.3 is 0 Å². The first-order valence-corrected chi connectivity index (χ1v) is 9.19. The van der Waals surface area contributed by atoms with E-state index in [9.17, 15) is 9.59 Å². The summed E-state index contributed by atoms with van der Waals surface area (Å²) in [5, 5.41) is 5.55. The van der Waals surface area contributed by atoms with Crippen molar-refractivity contribution in [2.45, 2.75) is 32.6 Å². The topological polar surface area (TPSA) is 67.4 Å². The van der Waals surface area contributed by atoms with E-state index < -0.39 is 0 Å². The average molecular weight is 368 g/mol. The average Bonchev–Trinajstić information content (AvgIpc) is 2.65. The van der Waals surface area contributed by atoms with Gasteiger partial charge in [-0.3, -0.25) is 9.59 Å². The lowest BCUT2D eigenvalue weighted by atomic mass is 9.87. The van der Waals surface area contributed by atoms with Crippen molar-refractivity contribution in [1.29, 1.82) is 0 Å². The van der Waals surface area contributed by atoms with Gasteiger partial charge in [-0.1, -0.05) is 51.1 Å². The number of hydrogen-bond acceptors (Lipinski definition) is 3. The summed E-state index contributed by atoms with van der Waals surface area (Å²) >= 11 is 0. The number of hydrogen-bond donors (Lipinski definition) is 2. The monoisotopic (exact) mass is 368 g/mol. The molecule has 0 aromatic heterocycles. The lowest BCUT2D eigenvalue weighted by Crippen LogP contribution is -2.32. The first kappa shape index (κ1) is 20.5. The highest BCUT2D eigenvalue weighted by molar-refractivity contribution is 5.94. The van der Waals surface area contributed by atoms with Crippen LogP contribution in [0.1, 0.15) is 43.1 Å². The Morgan fingerprint density at radius 3 is 2.19 bits per heavy atom. The summed E-state index contributed by atoms with van der Waals surface area (Å²) in [6.45, 7) is 7.52. The van der Waals surface area contributed by atoms with Gasteiger partial charge in [-0.2, -0.15) is 0 Å². The number of para-hydroxylation sites is 1. The second-order valence-corrected chi connectivity index (χ2v) is 7.34. The van der Waals surface area contributed by atoms with Crippen LogP contribution in [0.15, 0.2) is 54.6 Å². The van der Waals surface area contributed by atoms with Gasteiger partial charge in [0.05, 0.1) is 6.54 Å². The number of amides is 2. The quantitative estimate of drug-likeness (QED) is 0.703. The Bertz CT molecular complexity index is 734. The van der Waals surface area contributed by atoms with Crippen LogP contribution in [0.3, 0.4) is 0 Å². The highest BCUT2D eigenvalue weighted by Gasteiger charge is 2.14. The standard InChI is InChI=1S/C22H28N2O3/c1-22(2,3)18-11-9-17(10-12-18)21(26)24-14-13-20(25)23-15-16-27-19-7-5-4-6-8-19/h4-12H,13-16H2,1-3H3,(H,23,25)(H,24,26). The third-order valence-electron chi connectivity index (χ3n) is 4.09. The lowest BCUT2D eigenvalue weighted by Gasteiger charge is -2.19. The summed E-state index contributed by atoms with van der Waals surface area (Å²) in [5.41, 5.74) is 1.83. The maximum Gasteiger partial charge on any atom is 0.251 e. The minimum absolute atomic E-state index is 0.0529. The van der Waals surface area contributed by atoms with E-state index >= 15 is 0 Å². The Balaban J connectivity index is 1.63. The minimum Gasteiger partial charge on any atom is -0.492 e. The van der Waals surface area contributed by atoms with E-state index in [0.29, 0.717) is 25.3 Å². The summed E-state index contributed by atoms with van der Waals surface area (Å²) < 4.78 is 5.51. The molecular formula is C22H28N2O3. The zero-order valence-corrected chi connectivity index (χ0v) is 16.2. The molecule has 0 aliphatic rings. The summed E-state index contributed by atoms with van der Waals surface area (Å²) in [5.74, 6) is 0.488. The van der Waals surface area contributed by atoms with Crippen LogP contribution in [-0.2, 0) is 10.2 Å². The third-order valence-corrected chi connectivity index (χ3v) is 4.09. The van der Waals surface area contributed by atoms with E-state index in [0.717, 1.165) is 5.75 Å². The molecule has 0 fully saturated rings. The number of rotatable bonds is 8. The fourth-order valence-electron chi connectivity index (χ4n) is 2.48. The summed E-state index contributed by atoms with van der Waals surface area (Å²) in [7, 11) is 0. The van der Waals surface area contributed by atoms with Crippen molar-refractivity contribution in [2.24, 2.45) is 0 Å². The molecule has 2 aromatic rings. The smallest absolute Gasteiger partial charge is 0.251 e. The zero-order chi connectivity index (χ0) is 19.7. The van der Waals surface area contributed by atoms with Gasteiger partial charge in [0.25, 0.3) is 5.91 Å². The van der Waals surface area contributed by atoms with Crippen molar-refractivity contribution in [3.05, 3.63) is 65.7 Å². The Hall–Kier alpha value is -2.82. The largest absolute Gasteiger partial charge is 0.492 e. The van der Waals surface area contributed by atoms with Crippen molar-refractivity contribution in [1.82, 2.24) is 10.6 Å². The fourth-order valence-corrected chi connectivity index (χ4v) is 2.48. The van der Waals surface area contributed by atoms with Crippen LogP contribution < -0.4 is 15.4 Å². The van der Waals surface area contributed by atoms with Crippen LogP contribution in [-0.4, -0.2) is 31.5 Å². The molecule has 0 aliphatic carbocycles. The van der Waals surface area contributed by atoms with Crippen LogP contribution >= 0.6 is 0 Å². The lowest BCUT2D eigenvalue weighted by molar-refractivity contribution is -0.121. The molecule has 2 amide bonds. The van der Waals surface area contributed by atoms with Crippen LogP contribution in [0.5, 0.6) is 5.75 Å². The van der Waals surface area contributed by atoms with Crippen LogP contribution in [0.25, 0.3) is 0 Å². The van der Waals surface area contributed by atoms with E-state index in [1.54, 1.807) is 0 Å². The maximum absolute atomic E-state index is 12.1. The molecule has 0 radical (unpaired) electrons. The minimum atomic E-state index is -0.171. The first-order valence-electron chi connectivity index (χ1n) is 9.19. The highest BCUT2D eigenvalue weighted by atomic mass is 16.5. The number of carbonyl (C=O) groups excluding carboxylic acids is 2.